The Labute approximate surface area is 203 Å². The Morgan fingerprint density at radius 3 is 1.89 bits per heavy atom. The van der Waals surface area contributed by atoms with E-state index in [4.69, 9.17) is 0 Å². The molecule has 1 aromatic carbocycles. The lowest BCUT2D eigenvalue weighted by molar-refractivity contribution is -0.139. The van der Waals surface area contributed by atoms with E-state index >= 15 is 0 Å². The predicted octanol–water partition coefficient (Wildman–Crippen LogP) is 0.681. The lowest BCUT2D eigenvalue weighted by Gasteiger charge is -2.31. The molecule has 1 aliphatic rings. The van der Waals surface area contributed by atoms with Gasteiger partial charge in [0.15, 0.2) is 0 Å². The lowest BCUT2D eigenvalue weighted by Crippen LogP contribution is -2.44. The fraction of sp³-hybridized carbons (Fsp3) is 0.417. The molecule has 0 saturated carbocycles. The van der Waals surface area contributed by atoms with Crippen molar-refractivity contribution in [2.24, 2.45) is 0 Å². The lowest BCUT2D eigenvalue weighted by atomic mass is 10.1. The number of nitrogens with zero attached hydrogens (tertiary/aromatic N) is 5. The van der Waals surface area contributed by atoms with E-state index in [-0.39, 0.29) is 19.6 Å². The van der Waals surface area contributed by atoms with Gasteiger partial charge >= 0.3 is 17.9 Å². The van der Waals surface area contributed by atoms with Crippen LogP contribution in [0.2, 0.25) is 0 Å². The average Bonchev–Trinajstić information content (AvgIpc) is 2.80. The molecule has 0 amide bonds. The standard InChI is InChI=1S/C24H31N5O6/c30-22(31)16-27-9-7-26(15-21-20-4-2-1-3-19(20)5-6-25-21)8-10-28(17-23(32)33)12-14-29(13-11-27)18-24(34)35/h1-6,11,13H,7-10,12,14-18H2,(H,30,31)(H,32,33)(H,34,35)/b13-11-. The van der Waals surface area contributed by atoms with Crippen LogP contribution < -0.4 is 0 Å². The Balaban J connectivity index is 1.84. The van der Waals surface area contributed by atoms with Crippen molar-refractivity contribution in [3.05, 3.63) is 54.6 Å². The molecule has 35 heavy (non-hydrogen) atoms. The highest BCUT2D eigenvalue weighted by molar-refractivity contribution is 5.84. The Hall–Kier alpha value is -3.70. The second-order valence-electron chi connectivity index (χ2n) is 8.45. The molecule has 0 radical (unpaired) electrons. The smallest absolute Gasteiger partial charge is 0.323 e. The summed E-state index contributed by atoms with van der Waals surface area (Å²) in [6.45, 7) is 2.44. The minimum absolute atomic E-state index is 0.157. The number of benzene rings is 1. The topological polar surface area (TPSA) is 138 Å². The molecule has 1 aromatic heterocycles. The molecular weight excluding hydrogens is 454 g/mol. The van der Waals surface area contributed by atoms with E-state index in [0.29, 0.717) is 45.8 Å². The van der Waals surface area contributed by atoms with Crippen LogP contribution in [-0.4, -0.2) is 117 Å². The molecule has 3 N–H and O–H groups in total. The number of pyridine rings is 1. The molecule has 0 bridgehead atoms. The first-order valence-corrected chi connectivity index (χ1v) is 11.4. The van der Waals surface area contributed by atoms with Crippen LogP contribution in [0.15, 0.2) is 48.9 Å². The van der Waals surface area contributed by atoms with Gasteiger partial charge in [0.1, 0.15) is 13.1 Å². The zero-order chi connectivity index (χ0) is 25.2. The average molecular weight is 486 g/mol. The van der Waals surface area contributed by atoms with Gasteiger partial charge in [-0.3, -0.25) is 29.2 Å². The van der Waals surface area contributed by atoms with Crippen molar-refractivity contribution in [2.45, 2.75) is 6.54 Å². The number of carbonyl (C=O) groups is 3. The number of hydrogen-bond acceptors (Lipinski definition) is 8. The molecule has 0 unspecified atom stereocenters. The van der Waals surface area contributed by atoms with Crippen LogP contribution in [0, 0.1) is 0 Å². The van der Waals surface area contributed by atoms with Crippen molar-refractivity contribution < 1.29 is 29.7 Å². The first kappa shape index (κ1) is 25.9. The molecule has 1 aliphatic heterocycles. The number of rotatable bonds is 8. The maximum Gasteiger partial charge on any atom is 0.323 e. The summed E-state index contributed by atoms with van der Waals surface area (Å²) in [5.74, 6) is -2.96. The van der Waals surface area contributed by atoms with E-state index in [2.05, 4.69) is 9.88 Å². The largest absolute Gasteiger partial charge is 0.480 e. The second kappa shape index (κ2) is 12.7. The molecule has 11 heteroatoms. The highest BCUT2D eigenvalue weighted by Gasteiger charge is 2.18. The maximum atomic E-state index is 11.4. The van der Waals surface area contributed by atoms with Gasteiger partial charge in [0.25, 0.3) is 0 Å². The minimum atomic E-state index is -1.02. The zero-order valence-electron chi connectivity index (χ0n) is 19.5. The number of fused-ring (bicyclic) bond motifs is 1. The Morgan fingerprint density at radius 1 is 0.714 bits per heavy atom. The molecule has 2 heterocycles. The number of aliphatic carboxylic acids is 3. The van der Waals surface area contributed by atoms with Crippen molar-refractivity contribution in [2.75, 3.05) is 58.9 Å². The van der Waals surface area contributed by atoms with E-state index in [0.717, 1.165) is 16.5 Å². The molecule has 0 fully saturated rings. The first-order chi connectivity index (χ1) is 16.8. The van der Waals surface area contributed by atoms with Gasteiger partial charge in [-0.15, -0.1) is 0 Å². The van der Waals surface area contributed by atoms with Crippen LogP contribution in [0.3, 0.4) is 0 Å². The molecule has 3 rings (SSSR count). The van der Waals surface area contributed by atoms with Crippen molar-refractivity contribution >= 4 is 28.7 Å². The molecule has 188 valence electrons. The van der Waals surface area contributed by atoms with Gasteiger partial charge in [-0.25, -0.2) is 0 Å². The molecule has 0 spiro atoms. The Bertz CT molecular complexity index is 1060. The normalized spacial score (nSPS) is 17.5. The van der Waals surface area contributed by atoms with Gasteiger partial charge in [0, 0.05) is 69.8 Å². The monoisotopic (exact) mass is 485 g/mol. The van der Waals surface area contributed by atoms with Crippen molar-refractivity contribution in [1.82, 2.24) is 24.6 Å². The van der Waals surface area contributed by atoms with E-state index < -0.39 is 17.9 Å². The van der Waals surface area contributed by atoms with Crippen LogP contribution in [0.5, 0.6) is 0 Å². The molecule has 0 saturated heterocycles. The van der Waals surface area contributed by atoms with Crippen LogP contribution in [0.1, 0.15) is 5.69 Å². The van der Waals surface area contributed by atoms with Crippen molar-refractivity contribution in [1.29, 1.82) is 0 Å². The number of aromatic nitrogens is 1. The quantitative estimate of drug-likeness (QED) is 0.487. The van der Waals surface area contributed by atoms with E-state index in [1.165, 1.54) is 0 Å². The van der Waals surface area contributed by atoms with Gasteiger partial charge in [0.2, 0.25) is 0 Å². The molecule has 0 atom stereocenters. The van der Waals surface area contributed by atoms with E-state index in [1.54, 1.807) is 33.3 Å². The van der Waals surface area contributed by atoms with Gasteiger partial charge in [-0.2, -0.15) is 0 Å². The van der Waals surface area contributed by atoms with E-state index in [1.807, 2.05) is 30.3 Å². The highest BCUT2D eigenvalue weighted by atomic mass is 16.4. The first-order valence-electron chi connectivity index (χ1n) is 11.4. The summed E-state index contributed by atoms with van der Waals surface area (Å²) in [7, 11) is 0. The fourth-order valence-electron chi connectivity index (χ4n) is 4.02. The minimum Gasteiger partial charge on any atom is -0.480 e. The van der Waals surface area contributed by atoms with Gasteiger partial charge in [0.05, 0.1) is 12.2 Å². The summed E-state index contributed by atoms with van der Waals surface area (Å²) in [6, 6.07) is 9.91. The molecular formula is C24H31N5O6. The molecule has 0 aliphatic carbocycles. The summed E-state index contributed by atoms with van der Waals surface area (Å²) in [5, 5.41) is 30.0. The van der Waals surface area contributed by atoms with Crippen molar-refractivity contribution in [3.63, 3.8) is 0 Å². The fourth-order valence-corrected chi connectivity index (χ4v) is 4.02. The Morgan fingerprint density at radius 2 is 1.26 bits per heavy atom. The number of hydrogen-bond donors (Lipinski definition) is 3. The Kier molecular flexibility index (Phi) is 9.39. The van der Waals surface area contributed by atoms with Gasteiger partial charge < -0.3 is 25.1 Å². The van der Waals surface area contributed by atoms with Crippen LogP contribution in [0.25, 0.3) is 10.8 Å². The highest BCUT2D eigenvalue weighted by Crippen LogP contribution is 2.18. The summed E-state index contributed by atoms with van der Waals surface area (Å²) in [4.78, 5) is 45.8. The summed E-state index contributed by atoms with van der Waals surface area (Å²) in [5.41, 5.74) is 0.896. The van der Waals surface area contributed by atoms with Crippen LogP contribution in [-0.2, 0) is 20.9 Å². The predicted molar refractivity (Wildman–Crippen MR) is 129 cm³/mol. The number of carboxylic acids is 3. The third-order valence-electron chi connectivity index (χ3n) is 5.79. The summed E-state index contributed by atoms with van der Waals surface area (Å²) < 4.78 is 0. The van der Waals surface area contributed by atoms with Crippen LogP contribution in [0.4, 0.5) is 0 Å². The summed E-state index contributed by atoms with van der Waals surface area (Å²) >= 11 is 0. The number of carboxylic acid groups (broad SMARTS) is 3. The van der Waals surface area contributed by atoms with E-state index in [9.17, 15) is 29.7 Å². The summed E-state index contributed by atoms with van der Waals surface area (Å²) in [6.07, 6.45) is 4.92. The SMILES string of the molecule is O=C(O)CN1/C=C\N(CC(=O)O)CCN(Cc2nccc3ccccc23)CCN(CC(=O)O)CC1. The van der Waals surface area contributed by atoms with Gasteiger partial charge in [-0.1, -0.05) is 24.3 Å². The van der Waals surface area contributed by atoms with Crippen molar-refractivity contribution in [3.8, 4) is 0 Å². The zero-order valence-corrected chi connectivity index (χ0v) is 19.5. The second-order valence-corrected chi connectivity index (χ2v) is 8.45. The molecule has 2 aromatic rings. The third-order valence-corrected chi connectivity index (χ3v) is 5.79. The third kappa shape index (κ3) is 8.54. The van der Waals surface area contributed by atoms with Crippen LogP contribution >= 0.6 is 0 Å². The van der Waals surface area contributed by atoms with Gasteiger partial charge in [-0.05, 0) is 11.5 Å². The maximum absolute atomic E-state index is 11.4. The molecule has 11 nitrogen and oxygen atoms in total.